The Bertz CT molecular complexity index is 1180. The molecule has 0 radical (unpaired) electrons. The molecule has 7 nitrogen and oxygen atoms in total. The fourth-order valence-corrected chi connectivity index (χ4v) is 4.76. The zero-order chi connectivity index (χ0) is 23.7. The van der Waals surface area contributed by atoms with Gasteiger partial charge in [-0.3, -0.25) is 9.59 Å². The predicted molar refractivity (Wildman–Crippen MR) is 133 cm³/mol. The number of amides is 2. The van der Waals surface area contributed by atoms with Gasteiger partial charge in [-0.1, -0.05) is 42.0 Å². The molecule has 3 aromatic rings. The van der Waals surface area contributed by atoms with Crippen LogP contribution in [0, 0.1) is 19.8 Å². The zero-order valence-corrected chi connectivity index (χ0v) is 19.6. The first-order chi connectivity index (χ1) is 16.5. The van der Waals surface area contributed by atoms with Gasteiger partial charge < -0.3 is 14.7 Å². The minimum absolute atomic E-state index is 0.0184. The molecule has 174 valence electrons. The monoisotopic (exact) mass is 455 g/mol. The van der Waals surface area contributed by atoms with Crippen LogP contribution in [0.15, 0.2) is 60.7 Å². The number of carbonyl (C=O) groups excluding carboxylic acids is 2. The highest BCUT2D eigenvalue weighted by Crippen LogP contribution is 2.27. The number of hydrogen-bond donors (Lipinski definition) is 0. The molecule has 5 rings (SSSR count). The average molecular weight is 456 g/mol. The third-order valence-electron chi connectivity index (χ3n) is 6.81. The fourth-order valence-electron chi connectivity index (χ4n) is 4.76. The Morgan fingerprint density at radius 2 is 1.62 bits per heavy atom. The maximum Gasteiger partial charge on any atom is 0.228 e. The molecule has 2 fully saturated rings. The largest absolute Gasteiger partial charge is 0.352 e. The van der Waals surface area contributed by atoms with Crippen LogP contribution in [-0.2, 0) is 9.59 Å². The molecule has 2 aliphatic heterocycles. The number of anilines is 2. The molecule has 1 atom stereocenters. The summed E-state index contributed by atoms with van der Waals surface area (Å²) in [6.45, 7) is 7.18. The summed E-state index contributed by atoms with van der Waals surface area (Å²) in [6, 6.07) is 20.0. The summed E-state index contributed by atoms with van der Waals surface area (Å²) in [4.78, 5) is 31.5. The average Bonchev–Trinajstić information content (AvgIpc) is 3.26. The van der Waals surface area contributed by atoms with E-state index in [2.05, 4.69) is 34.2 Å². The summed E-state index contributed by atoms with van der Waals surface area (Å²) >= 11 is 0. The van der Waals surface area contributed by atoms with Gasteiger partial charge in [0.05, 0.1) is 11.6 Å². The highest BCUT2D eigenvalue weighted by atomic mass is 16.2. The van der Waals surface area contributed by atoms with Gasteiger partial charge in [0.15, 0.2) is 5.82 Å². The molecule has 2 saturated heterocycles. The number of aromatic nitrogens is 2. The van der Waals surface area contributed by atoms with Gasteiger partial charge in [0.2, 0.25) is 11.8 Å². The van der Waals surface area contributed by atoms with Crippen molar-refractivity contribution in [1.29, 1.82) is 0 Å². The lowest BCUT2D eigenvalue weighted by atomic mass is 10.1. The lowest BCUT2D eigenvalue weighted by Gasteiger charge is -2.36. The summed E-state index contributed by atoms with van der Waals surface area (Å²) < 4.78 is 0. The minimum atomic E-state index is -0.284. The second kappa shape index (κ2) is 9.25. The molecular formula is C27H29N5O2. The molecule has 0 bridgehead atoms. The molecule has 0 saturated carbocycles. The van der Waals surface area contributed by atoms with Crippen molar-refractivity contribution in [3.8, 4) is 11.3 Å². The molecule has 7 heteroatoms. The predicted octanol–water partition coefficient (Wildman–Crippen LogP) is 3.46. The number of hydrogen-bond acceptors (Lipinski definition) is 5. The van der Waals surface area contributed by atoms with Crippen LogP contribution < -0.4 is 9.80 Å². The van der Waals surface area contributed by atoms with Crippen LogP contribution in [0.3, 0.4) is 0 Å². The maximum atomic E-state index is 13.2. The molecule has 2 aliphatic rings. The first-order valence-corrected chi connectivity index (χ1v) is 11.8. The fraction of sp³-hybridized carbons (Fsp3) is 0.333. The normalized spacial score (nSPS) is 18.5. The standard InChI is InChI=1S/C27H29N5O2/c1-19-7-9-22(10-8-19)32-18-21(17-26(32)33)27(34)31-15-13-30(14-16-31)25-12-11-24(28-29-25)23-6-4-3-5-20(23)2/h3-12,21H,13-18H2,1-2H3. The van der Waals surface area contributed by atoms with Crippen LogP contribution in [0.2, 0.25) is 0 Å². The van der Waals surface area contributed by atoms with E-state index in [-0.39, 0.29) is 24.2 Å². The summed E-state index contributed by atoms with van der Waals surface area (Å²) in [5, 5.41) is 8.89. The Morgan fingerprint density at radius 1 is 0.882 bits per heavy atom. The molecule has 0 spiro atoms. The quantitative estimate of drug-likeness (QED) is 0.603. The number of nitrogens with zero attached hydrogens (tertiary/aromatic N) is 5. The molecule has 34 heavy (non-hydrogen) atoms. The molecular weight excluding hydrogens is 426 g/mol. The van der Waals surface area contributed by atoms with Crippen molar-refractivity contribution in [3.05, 3.63) is 71.8 Å². The molecule has 2 amide bonds. The van der Waals surface area contributed by atoms with Gasteiger partial charge in [0.25, 0.3) is 0 Å². The van der Waals surface area contributed by atoms with E-state index in [9.17, 15) is 9.59 Å². The third kappa shape index (κ3) is 4.38. The topological polar surface area (TPSA) is 69.6 Å². The molecule has 0 N–H and O–H groups in total. The molecule has 3 heterocycles. The number of benzene rings is 2. The van der Waals surface area contributed by atoms with Gasteiger partial charge in [-0.2, -0.15) is 0 Å². The first kappa shape index (κ1) is 22.1. The van der Waals surface area contributed by atoms with Gasteiger partial charge >= 0.3 is 0 Å². The highest BCUT2D eigenvalue weighted by Gasteiger charge is 2.38. The summed E-state index contributed by atoms with van der Waals surface area (Å²) in [5.74, 6) is 0.632. The smallest absolute Gasteiger partial charge is 0.228 e. The van der Waals surface area contributed by atoms with E-state index in [4.69, 9.17) is 0 Å². The summed E-state index contributed by atoms with van der Waals surface area (Å²) in [6.07, 6.45) is 0.277. The second-order valence-corrected chi connectivity index (χ2v) is 9.14. The van der Waals surface area contributed by atoms with Gasteiger partial charge in [-0.15, -0.1) is 10.2 Å². The van der Waals surface area contributed by atoms with E-state index in [1.165, 1.54) is 5.56 Å². The van der Waals surface area contributed by atoms with Crippen molar-refractivity contribution in [2.45, 2.75) is 20.3 Å². The second-order valence-electron chi connectivity index (χ2n) is 9.14. The SMILES string of the molecule is Cc1ccc(N2CC(C(=O)N3CCN(c4ccc(-c5ccccc5C)nn4)CC3)CC2=O)cc1. The molecule has 2 aromatic carbocycles. The number of rotatable bonds is 4. The van der Waals surface area contributed by atoms with Crippen molar-refractivity contribution in [2.24, 2.45) is 5.92 Å². The van der Waals surface area contributed by atoms with Crippen LogP contribution in [0.4, 0.5) is 11.5 Å². The Hall–Kier alpha value is -3.74. The van der Waals surface area contributed by atoms with Crippen molar-refractivity contribution in [3.63, 3.8) is 0 Å². The lowest BCUT2D eigenvalue weighted by molar-refractivity contribution is -0.136. The first-order valence-electron chi connectivity index (χ1n) is 11.8. The third-order valence-corrected chi connectivity index (χ3v) is 6.81. The van der Waals surface area contributed by atoms with E-state index in [0.29, 0.717) is 32.7 Å². The van der Waals surface area contributed by atoms with Gasteiger partial charge in [-0.25, -0.2) is 0 Å². The Balaban J connectivity index is 1.18. The van der Waals surface area contributed by atoms with E-state index >= 15 is 0 Å². The maximum absolute atomic E-state index is 13.2. The van der Waals surface area contributed by atoms with Crippen molar-refractivity contribution in [2.75, 3.05) is 42.5 Å². The van der Waals surface area contributed by atoms with Gasteiger partial charge in [0.1, 0.15) is 0 Å². The number of piperazine rings is 1. The van der Waals surface area contributed by atoms with Crippen LogP contribution >= 0.6 is 0 Å². The van der Waals surface area contributed by atoms with E-state index in [1.807, 2.05) is 60.4 Å². The van der Waals surface area contributed by atoms with Crippen LogP contribution in [-0.4, -0.2) is 59.6 Å². The number of aryl methyl sites for hydroxylation is 2. The Kier molecular flexibility index (Phi) is 6.01. The Labute approximate surface area is 200 Å². The van der Waals surface area contributed by atoms with Crippen molar-refractivity contribution in [1.82, 2.24) is 15.1 Å². The van der Waals surface area contributed by atoms with Crippen LogP contribution in [0.1, 0.15) is 17.5 Å². The molecule has 0 aliphatic carbocycles. The van der Waals surface area contributed by atoms with E-state index < -0.39 is 0 Å². The minimum Gasteiger partial charge on any atom is -0.352 e. The van der Waals surface area contributed by atoms with Crippen molar-refractivity contribution < 1.29 is 9.59 Å². The van der Waals surface area contributed by atoms with E-state index in [1.54, 1.807) is 4.90 Å². The zero-order valence-electron chi connectivity index (χ0n) is 19.6. The lowest BCUT2D eigenvalue weighted by Crippen LogP contribution is -2.51. The summed E-state index contributed by atoms with van der Waals surface area (Å²) in [5.41, 5.74) is 5.13. The summed E-state index contributed by atoms with van der Waals surface area (Å²) in [7, 11) is 0. The molecule has 1 aromatic heterocycles. The Morgan fingerprint density at radius 3 is 2.29 bits per heavy atom. The van der Waals surface area contributed by atoms with Crippen LogP contribution in [0.25, 0.3) is 11.3 Å². The highest BCUT2D eigenvalue weighted by molar-refractivity contribution is 6.00. The van der Waals surface area contributed by atoms with Crippen LogP contribution in [0.5, 0.6) is 0 Å². The van der Waals surface area contributed by atoms with E-state index in [0.717, 1.165) is 28.3 Å². The molecule has 1 unspecified atom stereocenters. The van der Waals surface area contributed by atoms with Gasteiger partial charge in [0, 0.05) is 50.4 Å². The van der Waals surface area contributed by atoms with Gasteiger partial charge in [-0.05, 0) is 43.7 Å². The number of carbonyl (C=O) groups is 2. The van der Waals surface area contributed by atoms with Crippen molar-refractivity contribution >= 4 is 23.3 Å².